The van der Waals surface area contributed by atoms with Gasteiger partial charge in [0.1, 0.15) is 5.82 Å². The standard InChI is InChI=1S/C12H14FNO4/c1-2-18-6-5-14-11(15)9-4-3-8(12(16)17)7-10(9)13/h3-4,7H,2,5-6H2,1H3,(H,14,15)(H,16,17). The third kappa shape index (κ3) is 3.81. The Labute approximate surface area is 104 Å². The van der Waals surface area contributed by atoms with Crippen molar-refractivity contribution in [1.29, 1.82) is 0 Å². The Morgan fingerprint density at radius 2 is 2.17 bits per heavy atom. The van der Waals surface area contributed by atoms with Crippen LogP contribution >= 0.6 is 0 Å². The molecule has 18 heavy (non-hydrogen) atoms. The van der Waals surface area contributed by atoms with Crippen molar-refractivity contribution in [2.75, 3.05) is 19.8 Å². The number of benzene rings is 1. The fourth-order valence-electron chi connectivity index (χ4n) is 1.31. The zero-order valence-corrected chi connectivity index (χ0v) is 9.90. The molecule has 0 spiro atoms. The van der Waals surface area contributed by atoms with Crippen molar-refractivity contribution in [2.45, 2.75) is 6.92 Å². The second kappa shape index (κ2) is 6.70. The van der Waals surface area contributed by atoms with E-state index >= 15 is 0 Å². The zero-order chi connectivity index (χ0) is 13.5. The molecule has 0 atom stereocenters. The molecule has 0 unspecified atom stereocenters. The Bertz CT molecular complexity index is 448. The molecular weight excluding hydrogens is 241 g/mol. The molecule has 5 nitrogen and oxygen atoms in total. The number of carbonyl (C=O) groups excluding carboxylic acids is 1. The summed E-state index contributed by atoms with van der Waals surface area (Å²) in [5.41, 5.74) is -0.380. The quantitative estimate of drug-likeness (QED) is 0.751. The van der Waals surface area contributed by atoms with Gasteiger partial charge in [-0.05, 0) is 25.1 Å². The van der Waals surface area contributed by atoms with Crippen LogP contribution in [0.15, 0.2) is 18.2 Å². The van der Waals surface area contributed by atoms with Crippen LogP contribution in [0.2, 0.25) is 0 Å². The van der Waals surface area contributed by atoms with Gasteiger partial charge in [-0.1, -0.05) is 0 Å². The molecule has 0 aliphatic rings. The summed E-state index contributed by atoms with van der Waals surface area (Å²) in [7, 11) is 0. The monoisotopic (exact) mass is 255 g/mol. The summed E-state index contributed by atoms with van der Waals surface area (Å²) in [5, 5.41) is 11.1. The summed E-state index contributed by atoms with van der Waals surface area (Å²) >= 11 is 0. The highest BCUT2D eigenvalue weighted by Gasteiger charge is 2.13. The Morgan fingerprint density at radius 3 is 2.72 bits per heavy atom. The average Bonchev–Trinajstić information content (AvgIpc) is 2.34. The summed E-state index contributed by atoms with van der Waals surface area (Å²) in [6, 6.07) is 3.15. The van der Waals surface area contributed by atoms with E-state index in [1.54, 1.807) is 0 Å². The van der Waals surface area contributed by atoms with Crippen molar-refractivity contribution < 1.29 is 23.8 Å². The van der Waals surface area contributed by atoms with Crippen molar-refractivity contribution >= 4 is 11.9 Å². The Kier molecular flexibility index (Phi) is 5.26. The fourth-order valence-corrected chi connectivity index (χ4v) is 1.31. The molecule has 0 aliphatic heterocycles. The minimum Gasteiger partial charge on any atom is -0.478 e. The van der Waals surface area contributed by atoms with Crippen LogP contribution in [-0.2, 0) is 4.74 Å². The minimum atomic E-state index is -1.24. The number of rotatable bonds is 6. The predicted octanol–water partition coefficient (Wildman–Crippen LogP) is 1.29. The number of hydrogen-bond donors (Lipinski definition) is 2. The molecule has 0 fully saturated rings. The third-order valence-electron chi connectivity index (χ3n) is 2.20. The molecular formula is C12H14FNO4. The van der Waals surface area contributed by atoms with Gasteiger partial charge in [-0.25, -0.2) is 9.18 Å². The molecule has 0 aromatic heterocycles. The lowest BCUT2D eigenvalue weighted by Crippen LogP contribution is -2.28. The van der Waals surface area contributed by atoms with Crippen LogP contribution in [0, 0.1) is 5.82 Å². The van der Waals surface area contributed by atoms with Gasteiger partial charge in [0, 0.05) is 13.2 Å². The number of carboxylic acids is 1. The van der Waals surface area contributed by atoms with E-state index in [1.807, 2.05) is 6.92 Å². The van der Waals surface area contributed by atoms with Crippen LogP contribution < -0.4 is 5.32 Å². The number of hydrogen-bond acceptors (Lipinski definition) is 3. The van der Waals surface area contributed by atoms with E-state index in [9.17, 15) is 14.0 Å². The van der Waals surface area contributed by atoms with Gasteiger partial charge in [0.15, 0.2) is 0 Å². The molecule has 0 saturated heterocycles. The summed E-state index contributed by atoms with van der Waals surface area (Å²) in [4.78, 5) is 22.2. The molecule has 2 N–H and O–H groups in total. The van der Waals surface area contributed by atoms with E-state index in [1.165, 1.54) is 6.07 Å². The SMILES string of the molecule is CCOCCNC(=O)c1ccc(C(=O)O)cc1F. The Hall–Kier alpha value is -1.95. The number of halogens is 1. The maximum Gasteiger partial charge on any atom is 0.335 e. The second-order valence-electron chi connectivity index (χ2n) is 3.45. The van der Waals surface area contributed by atoms with Crippen LogP contribution in [0.5, 0.6) is 0 Å². The molecule has 6 heteroatoms. The molecule has 1 aromatic carbocycles. The first-order chi connectivity index (χ1) is 8.56. The molecule has 98 valence electrons. The van der Waals surface area contributed by atoms with E-state index in [-0.39, 0.29) is 17.7 Å². The molecule has 1 rings (SSSR count). The molecule has 0 heterocycles. The van der Waals surface area contributed by atoms with E-state index in [4.69, 9.17) is 9.84 Å². The Morgan fingerprint density at radius 1 is 1.44 bits per heavy atom. The largest absolute Gasteiger partial charge is 0.478 e. The summed E-state index contributed by atoms with van der Waals surface area (Å²) < 4.78 is 18.5. The molecule has 1 aromatic rings. The predicted molar refractivity (Wildman–Crippen MR) is 62.2 cm³/mol. The van der Waals surface area contributed by atoms with E-state index < -0.39 is 17.7 Å². The lowest BCUT2D eigenvalue weighted by atomic mass is 10.1. The molecule has 0 radical (unpaired) electrons. The van der Waals surface area contributed by atoms with Gasteiger partial charge in [-0.2, -0.15) is 0 Å². The highest BCUT2D eigenvalue weighted by Crippen LogP contribution is 2.10. The van der Waals surface area contributed by atoms with Gasteiger partial charge in [-0.3, -0.25) is 4.79 Å². The van der Waals surface area contributed by atoms with Crippen molar-refractivity contribution in [3.05, 3.63) is 35.1 Å². The van der Waals surface area contributed by atoms with Gasteiger partial charge >= 0.3 is 5.97 Å². The third-order valence-corrected chi connectivity index (χ3v) is 2.20. The van der Waals surface area contributed by atoms with Crippen molar-refractivity contribution in [1.82, 2.24) is 5.32 Å². The molecule has 0 saturated carbocycles. The first-order valence-corrected chi connectivity index (χ1v) is 5.45. The number of ether oxygens (including phenoxy) is 1. The Balaban J connectivity index is 2.66. The maximum absolute atomic E-state index is 13.5. The van der Waals surface area contributed by atoms with Gasteiger partial charge in [-0.15, -0.1) is 0 Å². The van der Waals surface area contributed by atoms with Crippen molar-refractivity contribution in [2.24, 2.45) is 0 Å². The van der Waals surface area contributed by atoms with Crippen LogP contribution in [0.25, 0.3) is 0 Å². The number of carboxylic acid groups (broad SMARTS) is 1. The first kappa shape index (κ1) is 14.1. The zero-order valence-electron chi connectivity index (χ0n) is 9.90. The van der Waals surface area contributed by atoms with Crippen molar-refractivity contribution in [3.63, 3.8) is 0 Å². The topological polar surface area (TPSA) is 75.6 Å². The fraction of sp³-hybridized carbons (Fsp3) is 0.333. The molecule has 0 bridgehead atoms. The number of carbonyl (C=O) groups is 2. The van der Waals surface area contributed by atoms with Crippen molar-refractivity contribution in [3.8, 4) is 0 Å². The normalized spacial score (nSPS) is 10.1. The highest BCUT2D eigenvalue weighted by atomic mass is 19.1. The van der Waals surface area contributed by atoms with E-state index in [2.05, 4.69) is 5.32 Å². The molecule has 0 aliphatic carbocycles. The highest BCUT2D eigenvalue weighted by molar-refractivity contribution is 5.96. The summed E-state index contributed by atoms with van der Waals surface area (Å²) in [6.45, 7) is 2.98. The van der Waals surface area contributed by atoms with Crippen LogP contribution in [-0.4, -0.2) is 36.7 Å². The summed E-state index contributed by atoms with van der Waals surface area (Å²) in [5.74, 6) is -2.69. The van der Waals surface area contributed by atoms with Gasteiger partial charge in [0.25, 0.3) is 5.91 Å². The lowest BCUT2D eigenvalue weighted by Gasteiger charge is -2.06. The van der Waals surface area contributed by atoms with Gasteiger partial charge in [0.05, 0.1) is 17.7 Å². The smallest absolute Gasteiger partial charge is 0.335 e. The summed E-state index contributed by atoms with van der Waals surface area (Å²) in [6.07, 6.45) is 0. The first-order valence-electron chi connectivity index (χ1n) is 5.45. The maximum atomic E-state index is 13.5. The van der Waals surface area contributed by atoms with Crippen LogP contribution in [0.1, 0.15) is 27.6 Å². The number of amides is 1. The van der Waals surface area contributed by atoms with E-state index in [0.29, 0.717) is 13.2 Å². The lowest BCUT2D eigenvalue weighted by molar-refractivity contribution is 0.0695. The molecule has 1 amide bonds. The second-order valence-corrected chi connectivity index (χ2v) is 3.45. The average molecular weight is 255 g/mol. The number of aromatic carboxylic acids is 1. The number of nitrogens with one attached hydrogen (secondary N) is 1. The van der Waals surface area contributed by atoms with Crippen LogP contribution in [0.3, 0.4) is 0 Å². The van der Waals surface area contributed by atoms with Crippen LogP contribution in [0.4, 0.5) is 4.39 Å². The minimum absolute atomic E-state index is 0.184. The van der Waals surface area contributed by atoms with E-state index in [0.717, 1.165) is 12.1 Å². The van der Waals surface area contributed by atoms with Gasteiger partial charge in [0.2, 0.25) is 0 Å². The van der Waals surface area contributed by atoms with Gasteiger partial charge < -0.3 is 15.2 Å².